The second kappa shape index (κ2) is 46.3. The van der Waals surface area contributed by atoms with Gasteiger partial charge in [-0.15, -0.1) is 0 Å². The van der Waals surface area contributed by atoms with Crippen LogP contribution in [0.1, 0.15) is 285 Å². The van der Waals surface area contributed by atoms with Crippen molar-refractivity contribution in [2.45, 2.75) is 293 Å². The molecule has 0 spiro atoms. The average Bonchev–Trinajstić information content (AvgIpc) is 3.20. The minimum atomic E-state index is -3.96. The van der Waals surface area contributed by atoms with E-state index in [9.17, 15) is 9.59 Å². The van der Waals surface area contributed by atoms with E-state index in [0.717, 1.165) is 60.2 Å². The van der Waals surface area contributed by atoms with E-state index in [-0.39, 0.29) is 11.9 Å². The Morgan fingerprint density at radius 2 is 0.544 bits per heavy atom. The van der Waals surface area contributed by atoms with Crippen molar-refractivity contribution in [2.75, 3.05) is 0 Å². The Kier molecular flexibility index (Phi) is 45.7. The van der Waals surface area contributed by atoms with Crippen molar-refractivity contribution >= 4 is 31.1 Å². The molecule has 0 fully saturated rings. The van der Waals surface area contributed by atoms with E-state index in [0.29, 0.717) is 12.8 Å². The first-order chi connectivity index (χ1) is 28.0. The van der Waals surface area contributed by atoms with Gasteiger partial charge in [0.15, 0.2) is 0 Å². The van der Waals surface area contributed by atoms with Crippen LogP contribution in [0.25, 0.3) is 0 Å². The Balaban J connectivity index is 4.84. The molecule has 0 aliphatic carbocycles. The fourth-order valence-corrected chi connectivity index (χ4v) is 17.3. The van der Waals surface area contributed by atoms with Crippen LogP contribution < -0.4 is 0 Å². The molecule has 5 heteroatoms. The van der Waals surface area contributed by atoms with Gasteiger partial charge in [-0.25, -0.2) is 0 Å². The maximum absolute atomic E-state index is 13.5. The van der Waals surface area contributed by atoms with Gasteiger partial charge in [-0.05, 0) is 12.8 Å². The zero-order chi connectivity index (χ0) is 41.6. The van der Waals surface area contributed by atoms with Gasteiger partial charge >= 0.3 is 274 Å². The fourth-order valence-electron chi connectivity index (χ4n) is 7.90. The first-order valence-corrected chi connectivity index (χ1v) is 32.1. The summed E-state index contributed by atoms with van der Waals surface area (Å²) in [4.78, 5) is 26.9. The summed E-state index contributed by atoms with van der Waals surface area (Å²) in [6.45, 7) is 9.07. The summed E-state index contributed by atoms with van der Waals surface area (Å²) in [5, 5.41) is 0. The molecule has 0 atom stereocenters. The molecule has 0 aromatic heterocycles. The SMILES string of the molecule is CCCCCCCC/C=C\CCCCCCCC(=O)[O][Sn]([CH2]CCCCCCC)([CH2]CCCCCCC)[O]C(=O)CCCCCCC/C=C/CCCCCCCC. The van der Waals surface area contributed by atoms with Crippen LogP contribution in [0.15, 0.2) is 24.3 Å². The second-order valence-corrected chi connectivity index (χ2v) is 26.8. The molecule has 0 bridgehead atoms. The Bertz CT molecular complexity index is 827. The van der Waals surface area contributed by atoms with Crippen LogP contribution >= 0.6 is 0 Å². The molecule has 0 amide bonds. The molecule has 0 saturated heterocycles. The zero-order valence-electron chi connectivity index (χ0n) is 39.1. The fraction of sp³-hybridized carbons (Fsp3) is 0.885. The van der Waals surface area contributed by atoms with Gasteiger partial charge in [-0.3, -0.25) is 0 Å². The normalized spacial score (nSPS) is 12.0. The van der Waals surface area contributed by atoms with Crippen LogP contribution in [0.4, 0.5) is 0 Å². The summed E-state index contributed by atoms with van der Waals surface area (Å²) < 4.78 is 14.7. The van der Waals surface area contributed by atoms with E-state index in [1.165, 1.54) is 193 Å². The molecule has 0 rings (SSSR count). The molecule has 4 nitrogen and oxygen atoms in total. The summed E-state index contributed by atoms with van der Waals surface area (Å²) in [7, 11) is 0. The number of unbranched alkanes of at least 4 members (excludes halogenated alkanes) is 32. The third-order valence-corrected chi connectivity index (χ3v) is 21.5. The summed E-state index contributed by atoms with van der Waals surface area (Å²) in [6, 6.07) is 0. The molecule has 0 aliphatic heterocycles. The van der Waals surface area contributed by atoms with Gasteiger partial charge in [-0.1, -0.05) is 78.1 Å². The van der Waals surface area contributed by atoms with E-state index < -0.39 is 19.2 Å². The number of carbonyl (C=O) groups is 2. The minimum Gasteiger partial charge on any atom is -0.0654 e. The average molecular weight is 908 g/mol. The zero-order valence-corrected chi connectivity index (χ0v) is 42.0. The van der Waals surface area contributed by atoms with Gasteiger partial charge in [-0.2, -0.15) is 0 Å². The predicted molar refractivity (Wildman–Crippen MR) is 253 cm³/mol. The van der Waals surface area contributed by atoms with Crippen molar-refractivity contribution < 1.29 is 15.7 Å². The van der Waals surface area contributed by atoms with Crippen molar-refractivity contribution in [3.63, 3.8) is 0 Å². The minimum absolute atomic E-state index is 0.0887. The smallest absolute Gasteiger partial charge is 0.0654 e. The summed E-state index contributed by atoms with van der Waals surface area (Å²) in [6.07, 6.45) is 57.2. The molecular formula is C52H100O4Sn. The van der Waals surface area contributed by atoms with Crippen LogP contribution in [0, 0.1) is 0 Å². The Labute approximate surface area is 362 Å². The summed E-state index contributed by atoms with van der Waals surface area (Å²) >= 11 is -3.96. The molecule has 0 N–H and O–H groups in total. The van der Waals surface area contributed by atoms with Gasteiger partial charge in [0.05, 0.1) is 0 Å². The number of hydrogen-bond donors (Lipinski definition) is 0. The van der Waals surface area contributed by atoms with E-state index >= 15 is 0 Å². The topological polar surface area (TPSA) is 52.6 Å². The molecule has 0 unspecified atom stereocenters. The molecule has 57 heavy (non-hydrogen) atoms. The van der Waals surface area contributed by atoms with Crippen molar-refractivity contribution in [3.05, 3.63) is 24.3 Å². The Hall–Kier alpha value is -0.781. The van der Waals surface area contributed by atoms with Crippen LogP contribution in [-0.4, -0.2) is 31.1 Å². The quantitative estimate of drug-likeness (QED) is 0.0347. The van der Waals surface area contributed by atoms with Crippen LogP contribution in [0.5, 0.6) is 0 Å². The molecule has 0 radical (unpaired) electrons. The Morgan fingerprint density at radius 3 is 0.825 bits per heavy atom. The predicted octanol–water partition coefficient (Wildman–Crippen LogP) is 18.3. The molecule has 0 aromatic carbocycles. The number of allylic oxidation sites excluding steroid dienone is 4. The molecule has 0 heterocycles. The van der Waals surface area contributed by atoms with E-state index in [1.807, 2.05) is 0 Å². The van der Waals surface area contributed by atoms with E-state index in [1.54, 1.807) is 0 Å². The number of rotatable bonds is 46. The monoisotopic (exact) mass is 909 g/mol. The van der Waals surface area contributed by atoms with Gasteiger partial charge in [0, 0.05) is 0 Å². The van der Waals surface area contributed by atoms with Gasteiger partial charge in [0.25, 0.3) is 0 Å². The van der Waals surface area contributed by atoms with Gasteiger partial charge < -0.3 is 0 Å². The summed E-state index contributed by atoms with van der Waals surface area (Å²) in [5.74, 6) is -0.177. The molecule has 336 valence electrons. The molecule has 0 aliphatic rings. The Morgan fingerprint density at radius 1 is 0.316 bits per heavy atom. The first-order valence-electron chi connectivity index (χ1n) is 25.8. The van der Waals surface area contributed by atoms with Crippen molar-refractivity contribution in [1.29, 1.82) is 0 Å². The van der Waals surface area contributed by atoms with Crippen LogP contribution in [0.3, 0.4) is 0 Å². The van der Waals surface area contributed by atoms with Crippen LogP contribution in [0.2, 0.25) is 8.87 Å². The maximum atomic E-state index is 13.5. The summed E-state index contributed by atoms with van der Waals surface area (Å²) in [5.41, 5.74) is 0. The standard InChI is InChI=1S/2C18H34O2.2C8H17.Sn/c2*1-2-3-4-5-6-7-8-9-10-11-12-13-14-15-16-17-18(19)20;2*1-3-5-7-8-6-4-2;/h2*9-10H,2-8,11-17H2,1H3,(H,19,20);2*1,3-8H2,2H3;/q;;;;+2/p-2/b10-9+;10-9-;;;. The van der Waals surface area contributed by atoms with Gasteiger partial charge in [0.1, 0.15) is 0 Å². The molecule has 0 saturated carbocycles. The van der Waals surface area contributed by atoms with Crippen molar-refractivity contribution in [2.24, 2.45) is 0 Å². The third kappa shape index (κ3) is 41.7. The van der Waals surface area contributed by atoms with Gasteiger partial charge in [0.2, 0.25) is 0 Å². The first kappa shape index (κ1) is 56.2. The van der Waals surface area contributed by atoms with Crippen molar-refractivity contribution in [3.8, 4) is 0 Å². The van der Waals surface area contributed by atoms with E-state index in [2.05, 4.69) is 52.0 Å². The number of hydrogen-bond acceptors (Lipinski definition) is 4. The van der Waals surface area contributed by atoms with E-state index in [4.69, 9.17) is 6.15 Å². The molecule has 0 aromatic rings. The number of carbonyl (C=O) groups excluding carboxylic acids is 2. The molecular weight excluding hydrogens is 807 g/mol. The van der Waals surface area contributed by atoms with Crippen molar-refractivity contribution in [1.82, 2.24) is 0 Å². The second-order valence-electron chi connectivity index (χ2n) is 17.6. The van der Waals surface area contributed by atoms with Crippen LogP contribution in [-0.2, 0) is 15.7 Å². The third-order valence-electron chi connectivity index (χ3n) is 11.7.